The first-order valence-electron chi connectivity index (χ1n) is 9.21. The summed E-state index contributed by atoms with van der Waals surface area (Å²) < 4.78 is 12.3. The highest BCUT2D eigenvalue weighted by molar-refractivity contribution is 7.08. The molecule has 4 nitrogen and oxygen atoms in total. The van der Waals surface area contributed by atoms with E-state index < -0.39 is 0 Å². The molecule has 0 fully saturated rings. The predicted molar refractivity (Wildman–Crippen MR) is 107 cm³/mol. The molecule has 27 heavy (non-hydrogen) atoms. The molecule has 3 aromatic rings. The average molecular weight is 376 g/mol. The van der Waals surface area contributed by atoms with E-state index in [-0.39, 0.29) is 12.3 Å². The summed E-state index contributed by atoms with van der Waals surface area (Å²) in [6, 6.07) is 18.7. The molecule has 0 bridgehead atoms. The minimum atomic E-state index is -0.302. The van der Waals surface area contributed by atoms with Crippen LogP contribution in [0.25, 0.3) is 0 Å². The third kappa shape index (κ3) is 2.79. The zero-order valence-electron chi connectivity index (χ0n) is 15.0. The van der Waals surface area contributed by atoms with Gasteiger partial charge in [0.2, 0.25) is 6.23 Å². The van der Waals surface area contributed by atoms with Crippen molar-refractivity contribution in [2.75, 3.05) is 6.61 Å². The molecule has 0 amide bonds. The number of benzene rings is 2. The number of ether oxygens (including phenoxy) is 2. The van der Waals surface area contributed by atoms with Crippen molar-refractivity contribution in [3.05, 3.63) is 82.0 Å². The van der Waals surface area contributed by atoms with Crippen LogP contribution in [0.5, 0.6) is 11.5 Å². The van der Waals surface area contributed by atoms with E-state index in [9.17, 15) is 0 Å². The summed E-state index contributed by atoms with van der Waals surface area (Å²) in [6.07, 6.45) is 0.577. The van der Waals surface area contributed by atoms with E-state index in [0.29, 0.717) is 6.61 Å². The largest absolute Gasteiger partial charge is 0.493 e. The van der Waals surface area contributed by atoms with Gasteiger partial charge in [0.15, 0.2) is 0 Å². The molecule has 0 saturated carbocycles. The zero-order valence-corrected chi connectivity index (χ0v) is 15.9. The van der Waals surface area contributed by atoms with Crippen molar-refractivity contribution in [2.45, 2.75) is 25.6 Å². The van der Waals surface area contributed by atoms with Crippen LogP contribution in [-0.4, -0.2) is 17.3 Å². The fourth-order valence-corrected chi connectivity index (χ4v) is 4.48. The second kappa shape index (κ2) is 6.74. The highest BCUT2D eigenvalue weighted by Gasteiger charge is 2.41. The van der Waals surface area contributed by atoms with Crippen LogP contribution in [0.4, 0.5) is 0 Å². The van der Waals surface area contributed by atoms with E-state index in [1.54, 1.807) is 11.3 Å². The van der Waals surface area contributed by atoms with E-state index in [2.05, 4.69) is 40.0 Å². The van der Waals surface area contributed by atoms with Gasteiger partial charge in [-0.05, 0) is 41.9 Å². The second-order valence-corrected chi connectivity index (χ2v) is 7.42. The number of fused-ring (bicyclic) bond motifs is 3. The smallest absolute Gasteiger partial charge is 0.217 e. The second-order valence-electron chi connectivity index (χ2n) is 6.64. The number of para-hydroxylation sites is 2. The van der Waals surface area contributed by atoms with E-state index in [1.165, 1.54) is 11.1 Å². The molecule has 2 atom stereocenters. The summed E-state index contributed by atoms with van der Waals surface area (Å²) in [5.41, 5.74) is 4.51. The standard InChI is InChI=1S/C22H20N2O2S/c1-2-25-20-9-5-4-8-17(20)22-24-19(16-7-3-6-10-21(16)26-22)13-18(23-24)15-11-12-27-14-15/h3-12,14,19,22H,2,13H2,1H3/t19-,22+/m1/s1. The van der Waals surface area contributed by atoms with E-state index in [0.717, 1.165) is 29.2 Å². The van der Waals surface area contributed by atoms with Gasteiger partial charge in [0.05, 0.1) is 23.9 Å². The molecule has 0 spiro atoms. The first-order chi connectivity index (χ1) is 13.3. The van der Waals surface area contributed by atoms with Crippen LogP contribution < -0.4 is 9.47 Å². The summed E-state index contributed by atoms with van der Waals surface area (Å²) in [5.74, 6) is 1.78. The minimum absolute atomic E-state index is 0.171. The van der Waals surface area contributed by atoms with E-state index in [1.807, 2.05) is 37.3 Å². The number of thiophene rings is 1. The maximum absolute atomic E-state index is 6.43. The lowest BCUT2D eigenvalue weighted by Crippen LogP contribution is -2.34. The molecule has 0 saturated heterocycles. The van der Waals surface area contributed by atoms with Crippen molar-refractivity contribution in [1.29, 1.82) is 0 Å². The fraction of sp³-hybridized carbons (Fsp3) is 0.227. The van der Waals surface area contributed by atoms with Gasteiger partial charge in [-0.1, -0.05) is 30.3 Å². The van der Waals surface area contributed by atoms with Crippen LogP contribution in [0.15, 0.2) is 70.5 Å². The molecule has 3 heterocycles. The van der Waals surface area contributed by atoms with Crippen molar-refractivity contribution < 1.29 is 9.47 Å². The fourth-order valence-electron chi connectivity index (χ4n) is 3.81. The summed E-state index contributed by atoms with van der Waals surface area (Å²) in [7, 11) is 0. The number of nitrogens with zero attached hydrogens (tertiary/aromatic N) is 2. The maximum atomic E-state index is 6.43. The molecule has 1 aromatic heterocycles. The lowest BCUT2D eigenvalue weighted by Gasteiger charge is -2.38. The number of hydrazone groups is 1. The van der Waals surface area contributed by atoms with Crippen molar-refractivity contribution in [2.24, 2.45) is 5.10 Å². The van der Waals surface area contributed by atoms with Gasteiger partial charge in [0, 0.05) is 17.5 Å². The number of rotatable bonds is 4. The Balaban J connectivity index is 1.61. The van der Waals surface area contributed by atoms with Crippen LogP contribution in [0.1, 0.15) is 42.3 Å². The van der Waals surface area contributed by atoms with Crippen molar-refractivity contribution in [1.82, 2.24) is 5.01 Å². The topological polar surface area (TPSA) is 34.1 Å². The Morgan fingerprint density at radius 3 is 2.74 bits per heavy atom. The molecular weight excluding hydrogens is 356 g/mol. The molecule has 0 radical (unpaired) electrons. The molecule has 5 rings (SSSR count). The van der Waals surface area contributed by atoms with Crippen molar-refractivity contribution >= 4 is 17.0 Å². The van der Waals surface area contributed by atoms with Crippen LogP contribution >= 0.6 is 11.3 Å². The SMILES string of the molecule is CCOc1ccccc1[C@@H]1Oc2ccccc2[C@H]2CC(c3ccsc3)=NN21. The van der Waals surface area contributed by atoms with Crippen molar-refractivity contribution in [3.8, 4) is 11.5 Å². The van der Waals surface area contributed by atoms with Crippen LogP contribution in [0, 0.1) is 0 Å². The molecule has 2 aromatic carbocycles. The highest BCUT2D eigenvalue weighted by Crippen LogP contribution is 2.48. The van der Waals surface area contributed by atoms with Crippen LogP contribution in [0.3, 0.4) is 0 Å². The molecule has 0 unspecified atom stereocenters. The molecular formula is C22H20N2O2S. The Morgan fingerprint density at radius 2 is 1.93 bits per heavy atom. The lowest BCUT2D eigenvalue weighted by molar-refractivity contribution is -0.0205. The Labute approximate surface area is 162 Å². The number of hydrogen-bond donors (Lipinski definition) is 0. The Morgan fingerprint density at radius 1 is 1.11 bits per heavy atom. The highest BCUT2D eigenvalue weighted by atomic mass is 32.1. The third-order valence-electron chi connectivity index (χ3n) is 5.04. The molecule has 2 aliphatic rings. The Bertz CT molecular complexity index is 983. The van der Waals surface area contributed by atoms with Gasteiger partial charge in [0.25, 0.3) is 0 Å². The number of hydrogen-bond acceptors (Lipinski definition) is 5. The van der Waals surface area contributed by atoms with Crippen molar-refractivity contribution in [3.63, 3.8) is 0 Å². The van der Waals surface area contributed by atoms with Gasteiger partial charge in [-0.3, -0.25) is 0 Å². The summed E-state index contributed by atoms with van der Waals surface area (Å²) in [6.45, 7) is 2.62. The summed E-state index contributed by atoms with van der Waals surface area (Å²) in [5, 5.41) is 11.3. The quantitative estimate of drug-likeness (QED) is 0.612. The Hall–Kier alpha value is -2.79. The van der Waals surface area contributed by atoms with Crippen LogP contribution in [-0.2, 0) is 0 Å². The van der Waals surface area contributed by atoms with Gasteiger partial charge >= 0.3 is 0 Å². The molecule has 0 N–H and O–H groups in total. The van der Waals surface area contributed by atoms with Crippen LogP contribution in [0.2, 0.25) is 0 Å². The molecule has 5 heteroatoms. The van der Waals surface area contributed by atoms with Gasteiger partial charge < -0.3 is 9.47 Å². The molecule has 2 aliphatic heterocycles. The average Bonchev–Trinajstić information content (AvgIpc) is 3.38. The van der Waals surface area contributed by atoms with Gasteiger partial charge in [-0.15, -0.1) is 0 Å². The first kappa shape index (κ1) is 16.4. The monoisotopic (exact) mass is 376 g/mol. The normalized spacial score (nSPS) is 20.5. The molecule has 0 aliphatic carbocycles. The zero-order chi connectivity index (χ0) is 18.2. The minimum Gasteiger partial charge on any atom is -0.493 e. The first-order valence-corrected chi connectivity index (χ1v) is 10.1. The third-order valence-corrected chi connectivity index (χ3v) is 5.72. The maximum Gasteiger partial charge on any atom is 0.217 e. The Kier molecular flexibility index (Phi) is 4.09. The summed E-state index contributed by atoms with van der Waals surface area (Å²) >= 11 is 1.70. The van der Waals surface area contributed by atoms with Gasteiger partial charge in [0.1, 0.15) is 11.5 Å². The lowest BCUT2D eigenvalue weighted by atomic mass is 9.96. The molecule has 136 valence electrons. The van der Waals surface area contributed by atoms with Gasteiger partial charge in [-0.2, -0.15) is 16.4 Å². The summed E-state index contributed by atoms with van der Waals surface area (Å²) in [4.78, 5) is 0. The predicted octanol–water partition coefficient (Wildman–Crippen LogP) is 5.39. The van der Waals surface area contributed by atoms with E-state index in [4.69, 9.17) is 14.6 Å². The van der Waals surface area contributed by atoms with E-state index >= 15 is 0 Å². The van der Waals surface area contributed by atoms with Gasteiger partial charge in [-0.25, -0.2) is 5.01 Å².